The summed E-state index contributed by atoms with van der Waals surface area (Å²) >= 11 is 0. The average Bonchev–Trinajstić information content (AvgIpc) is 2.38. The Bertz CT molecular complexity index is 732. The predicted molar refractivity (Wildman–Crippen MR) is 70.6 cm³/mol. The first-order valence-electron chi connectivity index (χ1n) is 5.77. The van der Waals surface area contributed by atoms with Gasteiger partial charge < -0.3 is 16.5 Å². The number of aromatic nitrogens is 2. The quantitative estimate of drug-likeness (QED) is 0.646. The van der Waals surface area contributed by atoms with Crippen LogP contribution in [0, 0.1) is 0 Å². The maximum atomic E-state index is 12.1. The zero-order valence-corrected chi connectivity index (χ0v) is 10.1. The van der Waals surface area contributed by atoms with Gasteiger partial charge in [-0.3, -0.25) is 14.2 Å². The van der Waals surface area contributed by atoms with Gasteiger partial charge in [-0.05, 0) is 18.6 Å². The fraction of sp³-hybridized carbons (Fsp3) is 0.250. The minimum atomic E-state index is -0.877. The van der Waals surface area contributed by atoms with Crippen LogP contribution in [0.5, 0.6) is 0 Å². The van der Waals surface area contributed by atoms with Crippen LogP contribution in [-0.4, -0.2) is 21.5 Å². The Morgan fingerprint density at radius 3 is 2.68 bits per heavy atom. The third kappa shape index (κ3) is 2.55. The monoisotopic (exact) mass is 262 g/mol. The van der Waals surface area contributed by atoms with Gasteiger partial charge in [0.05, 0.1) is 16.9 Å². The van der Waals surface area contributed by atoms with E-state index in [2.05, 4.69) is 4.98 Å². The van der Waals surface area contributed by atoms with E-state index in [9.17, 15) is 14.4 Å². The highest BCUT2D eigenvalue weighted by atomic mass is 16.2. The minimum absolute atomic E-state index is 0.0447. The molecular weight excluding hydrogens is 248 g/mol. The SMILES string of the molecule is NC(=O)C(N)CCn1c(=O)[nH]c2ccccc2c1=O. The summed E-state index contributed by atoms with van der Waals surface area (Å²) in [5, 5.41) is 0.412. The molecule has 1 heterocycles. The zero-order valence-electron chi connectivity index (χ0n) is 10.1. The molecular formula is C12H14N4O3. The highest BCUT2D eigenvalue weighted by Crippen LogP contribution is 2.03. The molecule has 7 heteroatoms. The van der Waals surface area contributed by atoms with Crippen LogP contribution in [0.2, 0.25) is 0 Å². The number of amides is 1. The lowest BCUT2D eigenvalue weighted by atomic mass is 10.2. The molecule has 1 unspecified atom stereocenters. The van der Waals surface area contributed by atoms with Crippen molar-refractivity contribution in [3.63, 3.8) is 0 Å². The van der Waals surface area contributed by atoms with E-state index in [0.717, 1.165) is 4.57 Å². The molecule has 19 heavy (non-hydrogen) atoms. The van der Waals surface area contributed by atoms with Crippen molar-refractivity contribution in [2.75, 3.05) is 0 Å². The number of rotatable bonds is 4. The molecule has 0 aliphatic rings. The number of nitrogens with zero attached hydrogens (tertiary/aromatic N) is 1. The fourth-order valence-corrected chi connectivity index (χ4v) is 1.81. The predicted octanol–water partition coefficient (Wildman–Crippen LogP) is -1.11. The first-order chi connectivity index (χ1) is 9.00. The minimum Gasteiger partial charge on any atom is -0.368 e. The smallest absolute Gasteiger partial charge is 0.328 e. The molecule has 0 spiro atoms. The highest BCUT2D eigenvalue weighted by molar-refractivity contribution is 5.79. The molecule has 0 saturated carbocycles. The van der Waals surface area contributed by atoms with E-state index in [-0.39, 0.29) is 13.0 Å². The molecule has 7 nitrogen and oxygen atoms in total. The summed E-state index contributed by atoms with van der Waals surface area (Å²) in [4.78, 5) is 37.3. The normalized spacial score (nSPS) is 12.5. The molecule has 0 fully saturated rings. The molecule has 1 atom stereocenters. The molecule has 2 rings (SSSR count). The number of H-pyrrole nitrogens is 1. The van der Waals surface area contributed by atoms with Crippen molar-refractivity contribution in [2.45, 2.75) is 19.0 Å². The maximum absolute atomic E-state index is 12.1. The number of benzene rings is 1. The molecule has 1 aromatic carbocycles. The average molecular weight is 262 g/mol. The number of primary amides is 1. The first kappa shape index (κ1) is 13.0. The molecule has 0 aliphatic heterocycles. The molecule has 2 aromatic rings. The second-order valence-electron chi connectivity index (χ2n) is 4.23. The van der Waals surface area contributed by atoms with Crippen LogP contribution in [0.25, 0.3) is 10.9 Å². The van der Waals surface area contributed by atoms with E-state index >= 15 is 0 Å². The molecule has 0 radical (unpaired) electrons. The number of nitrogens with two attached hydrogens (primary N) is 2. The number of nitrogens with one attached hydrogen (secondary N) is 1. The molecule has 100 valence electrons. The Morgan fingerprint density at radius 2 is 2.00 bits per heavy atom. The summed E-state index contributed by atoms with van der Waals surface area (Å²) in [6.07, 6.45) is 0.136. The van der Waals surface area contributed by atoms with Crippen molar-refractivity contribution in [3.05, 3.63) is 45.1 Å². The summed E-state index contributed by atoms with van der Waals surface area (Å²) in [5.74, 6) is -0.662. The topological polar surface area (TPSA) is 124 Å². The van der Waals surface area contributed by atoms with E-state index in [1.807, 2.05) is 0 Å². The Kier molecular flexibility index (Phi) is 3.48. The molecule has 1 amide bonds. The highest BCUT2D eigenvalue weighted by Gasteiger charge is 2.12. The van der Waals surface area contributed by atoms with Crippen molar-refractivity contribution in [3.8, 4) is 0 Å². The Labute approximate surface area is 107 Å². The third-order valence-electron chi connectivity index (χ3n) is 2.92. The van der Waals surface area contributed by atoms with Crippen LogP contribution in [0.1, 0.15) is 6.42 Å². The van der Waals surface area contributed by atoms with Gasteiger partial charge in [0, 0.05) is 6.54 Å². The molecule has 1 aromatic heterocycles. The van der Waals surface area contributed by atoms with Gasteiger partial charge in [0.25, 0.3) is 5.56 Å². The Balaban J connectivity index is 2.41. The third-order valence-corrected chi connectivity index (χ3v) is 2.92. The number of carbonyl (C=O) groups excluding carboxylic acids is 1. The van der Waals surface area contributed by atoms with E-state index in [0.29, 0.717) is 10.9 Å². The fourth-order valence-electron chi connectivity index (χ4n) is 1.81. The summed E-state index contributed by atoms with van der Waals surface area (Å²) < 4.78 is 1.02. The van der Waals surface area contributed by atoms with Crippen LogP contribution in [0.4, 0.5) is 0 Å². The lowest BCUT2D eigenvalue weighted by molar-refractivity contribution is -0.119. The van der Waals surface area contributed by atoms with Crippen LogP contribution >= 0.6 is 0 Å². The lowest BCUT2D eigenvalue weighted by Crippen LogP contribution is -2.41. The van der Waals surface area contributed by atoms with Crippen LogP contribution < -0.4 is 22.7 Å². The largest absolute Gasteiger partial charge is 0.368 e. The molecule has 0 aliphatic carbocycles. The van der Waals surface area contributed by atoms with E-state index < -0.39 is 23.2 Å². The Hall–Kier alpha value is -2.41. The second kappa shape index (κ2) is 5.07. The Morgan fingerprint density at radius 1 is 1.32 bits per heavy atom. The number of aromatic amines is 1. The van der Waals surface area contributed by atoms with Crippen molar-refractivity contribution in [2.24, 2.45) is 11.5 Å². The molecule has 5 N–H and O–H groups in total. The van der Waals surface area contributed by atoms with Crippen molar-refractivity contribution >= 4 is 16.8 Å². The second-order valence-corrected chi connectivity index (χ2v) is 4.23. The van der Waals surface area contributed by atoms with Gasteiger partial charge in [-0.25, -0.2) is 4.79 Å². The molecule has 0 bridgehead atoms. The van der Waals surface area contributed by atoms with Crippen molar-refractivity contribution < 1.29 is 4.79 Å². The number of para-hydroxylation sites is 1. The van der Waals surface area contributed by atoms with Gasteiger partial charge in [0.15, 0.2) is 0 Å². The van der Waals surface area contributed by atoms with E-state index in [1.165, 1.54) is 0 Å². The van der Waals surface area contributed by atoms with Gasteiger partial charge in [-0.1, -0.05) is 12.1 Å². The van der Waals surface area contributed by atoms with E-state index in [1.54, 1.807) is 24.3 Å². The van der Waals surface area contributed by atoms with Gasteiger partial charge >= 0.3 is 5.69 Å². The number of hydrogen-bond acceptors (Lipinski definition) is 4. The van der Waals surface area contributed by atoms with Gasteiger partial charge in [0.2, 0.25) is 5.91 Å². The summed E-state index contributed by atoms with van der Waals surface area (Å²) in [6.45, 7) is 0.0447. The first-order valence-corrected chi connectivity index (χ1v) is 5.77. The summed E-state index contributed by atoms with van der Waals surface area (Å²) in [5.41, 5.74) is 10.1. The van der Waals surface area contributed by atoms with E-state index in [4.69, 9.17) is 11.5 Å². The summed E-state index contributed by atoms with van der Waals surface area (Å²) in [6, 6.07) is 5.83. The number of fused-ring (bicyclic) bond motifs is 1. The number of carbonyl (C=O) groups is 1. The lowest BCUT2D eigenvalue weighted by Gasteiger charge is -2.09. The number of hydrogen-bond donors (Lipinski definition) is 3. The van der Waals surface area contributed by atoms with Crippen molar-refractivity contribution in [1.82, 2.24) is 9.55 Å². The maximum Gasteiger partial charge on any atom is 0.328 e. The van der Waals surface area contributed by atoms with Crippen LogP contribution in [-0.2, 0) is 11.3 Å². The van der Waals surface area contributed by atoms with Crippen LogP contribution in [0.3, 0.4) is 0 Å². The van der Waals surface area contributed by atoms with Gasteiger partial charge in [-0.15, -0.1) is 0 Å². The molecule has 0 saturated heterocycles. The van der Waals surface area contributed by atoms with Gasteiger partial charge in [0.1, 0.15) is 0 Å². The standard InChI is InChI=1S/C12H14N4O3/c13-8(10(14)17)5-6-16-11(18)7-3-1-2-4-9(7)15-12(16)19/h1-4,8H,5-6,13H2,(H2,14,17)(H,15,19). The zero-order chi connectivity index (χ0) is 14.0. The van der Waals surface area contributed by atoms with Crippen molar-refractivity contribution in [1.29, 1.82) is 0 Å². The summed E-state index contributed by atoms with van der Waals surface area (Å²) in [7, 11) is 0. The van der Waals surface area contributed by atoms with Gasteiger partial charge in [-0.2, -0.15) is 0 Å². The van der Waals surface area contributed by atoms with Crippen LogP contribution in [0.15, 0.2) is 33.9 Å².